The summed E-state index contributed by atoms with van der Waals surface area (Å²) < 4.78 is 13.9. The Kier molecular flexibility index (Phi) is 4.04. The molecule has 0 fully saturated rings. The van der Waals surface area contributed by atoms with Crippen LogP contribution in [0.5, 0.6) is 0 Å². The van der Waals surface area contributed by atoms with Crippen molar-refractivity contribution < 1.29 is 4.39 Å². The topological polar surface area (TPSA) is 12.0 Å². The van der Waals surface area contributed by atoms with E-state index in [1.54, 1.807) is 18.2 Å². The molecule has 0 aromatic heterocycles. The molecule has 20 heavy (non-hydrogen) atoms. The van der Waals surface area contributed by atoms with Crippen LogP contribution in [0.25, 0.3) is 0 Å². The summed E-state index contributed by atoms with van der Waals surface area (Å²) in [7, 11) is 0. The van der Waals surface area contributed by atoms with Crippen LogP contribution >= 0.6 is 11.6 Å². The zero-order chi connectivity index (χ0) is 13.9. The molecule has 0 amide bonds. The quantitative estimate of drug-likeness (QED) is 0.867. The number of fused-ring (bicyclic) bond motifs is 1. The van der Waals surface area contributed by atoms with Crippen LogP contribution in [0.4, 0.5) is 4.39 Å². The van der Waals surface area contributed by atoms with E-state index in [4.69, 9.17) is 11.6 Å². The lowest BCUT2D eigenvalue weighted by molar-refractivity contribution is 0.452. The van der Waals surface area contributed by atoms with E-state index in [-0.39, 0.29) is 10.8 Å². The molecule has 0 saturated carbocycles. The third kappa shape index (κ3) is 2.72. The largest absolute Gasteiger partial charge is 0.306 e. The van der Waals surface area contributed by atoms with Gasteiger partial charge in [0.15, 0.2) is 0 Å². The summed E-state index contributed by atoms with van der Waals surface area (Å²) in [6, 6.07) is 14.0. The number of benzene rings is 2. The second-order valence-electron chi connectivity index (χ2n) is 5.24. The molecule has 3 heteroatoms. The lowest BCUT2D eigenvalue weighted by Crippen LogP contribution is -2.25. The minimum absolute atomic E-state index is 0.188. The Morgan fingerprint density at radius 3 is 2.90 bits per heavy atom. The third-order valence-corrected chi connectivity index (χ3v) is 4.23. The van der Waals surface area contributed by atoms with E-state index in [1.807, 2.05) is 0 Å². The van der Waals surface area contributed by atoms with E-state index in [0.29, 0.717) is 18.2 Å². The van der Waals surface area contributed by atoms with Crippen LogP contribution in [0, 0.1) is 5.82 Å². The van der Waals surface area contributed by atoms with E-state index in [9.17, 15) is 4.39 Å². The molecule has 2 aromatic carbocycles. The highest BCUT2D eigenvalue weighted by Gasteiger charge is 2.19. The summed E-state index contributed by atoms with van der Waals surface area (Å²) in [4.78, 5) is 0. The number of hydrogen-bond donors (Lipinski definition) is 1. The summed E-state index contributed by atoms with van der Waals surface area (Å²) in [6.45, 7) is 0.505. The minimum Gasteiger partial charge on any atom is -0.306 e. The molecule has 0 radical (unpaired) electrons. The molecule has 1 aliphatic carbocycles. The van der Waals surface area contributed by atoms with Gasteiger partial charge in [0.2, 0.25) is 0 Å². The van der Waals surface area contributed by atoms with Crippen LogP contribution in [0.1, 0.15) is 35.6 Å². The molecular weight excluding hydrogens is 273 g/mol. The summed E-state index contributed by atoms with van der Waals surface area (Å²) >= 11 is 5.81. The Balaban J connectivity index is 1.75. The third-order valence-electron chi connectivity index (χ3n) is 3.94. The molecular formula is C17H17ClFN. The van der Waals surface area contributed by atoms with E-state index >= 15 is 0 Å². The van der Waals surface area contributed by atoms with Crippen molar-refractivity contribution in [2.24, 2.45) is 0 Å². The van der Waals surface area contributed by atoms with Gasteiger partial charge in [-0.05, 0) is 36.5 Å². The number of hydrogen-bond acceptors (Lipinski definition) is 1. The van der Waals surface area contributed by atoms with Gasteiger partial charge in [0.05, 0.1) is 5.02 Å². The summed E-state index contributed by atoms with van der Waals surface area (Å²) in [5.74, 6) is -0.314. The molecule has 1 unspecified atom stereocenters. The fourth-order valence-corrected chi connectivity index (χ4v) is 3.08. The zero-order valence-electron chi connectivity index (χ0n) is 11.2. The first-order valence-electron chi connectivity index (χ1n) is 7.00. The molecule has 104 valence electrons. The van der Waals surface area contributed by atoms with E-state index in [1.165, 1.54) is 17.5 Å². The monoisotopic (exact) mass is 289 g/mol. The lowest BCUT2D eigenvalue weighted by atomic mass is 9.87. The van der Waals surface area contributed by atoms with Crippen LogP contribution < -0.4 is 5.32 Å². The van der Waals surface area contributed by atoms with Crippen LogP contribution in [0.3, 0.4) is 0 Å². The highest BCUT2D eigenvalue weighted by molar-refractivity contribution is 6.30. The Morgan fingerprint density at radius 2 is 2.00 bits per heavy atom. The lowest BCUT2D eigenvalue weighted by Gasteiger charge is -2.26. The van der Waals surface area contributed by atoms with Gasteiger partial charge in [-0.3, -0.25) is 0 Å². The first-order chi connectivity index (χ1) is 9.75. The van der Waals surface area contributed by atoms with Gasteiger partial charge in [-0.25, -0.2) is 4.39 Å². The molecule has 0 saturated heterocycles. The molecule has 3 rings (SSSR count). The number of aryl methyl sites for hydroxylation is 1. The van der Waals surface area contributed by atoms with Crippen LogP contribution in [0.2, 0.25) is 5.02 Å². The Morgan fingerprint density at radius 1 is 1.15 bits per heavy atom. The normalized spacial score (nSPS) is 17.8. The molecule has 1 atom stereocenters. The Labute approximate surface area is 123 Å². The van der Waals surface area contributed by atoms with E-state index < -0.39 is 0 Å². The second kappa shape index (κ2) is 5.94. The van der Waals surface area contributed by atoms with Crippen molar-refractivity contribution in [1.29, 1.82) is 0 Å². The van der Waals surface area contributed by atoms with Crippen LogP contribution in [0.15, 0.2) is 42.5 Å². The zero-order valence-corrected chi connectivity index (χ0v) is 12.0. The van der Waals surface area contributed by atoms with Gasteiger partial charge in [0.1, 0.15) is 5.82 Å². The first-order valence-corrected chi connectivity index (χ1v) is 7.37. The van der Waals surface area contributed by atoms with Crippen molar-refractivity contribution in [3.8, 4) is 0 Å². The predicted molar refractivity (Wildman–Crippen MR) is 80.4 cm³/mol. The van der Waals surface area contributed by atoms with Gasteiger partial charge in [0, 0.05) is 18.2 Å². The van der Waals surface area contributed by atoms with Gasteiger partial charge in [-0.1, -0.05) is 48.0 Å². The average molecular weight is 290 g/mol. The van der Waals surface area contributed by atoms with Gasteiger partial charge in [0.25, 0.3) is 0 Å². The Bertz CT molecular complexity index is 612. The minimum atomic E-state index is -0.314. The number of halogens is 2. The van der Waals surface area contributed by atoms with Crippen molar-refractivity contribution in [1.82, 2.24) is 5.32 Å². The van der Waals surface area contributed by atoms with Gasteiger partial charge in [-0.2, -0.15) is 0 Å². The Hall–Kier alpha value is -1.38. The van der Waals surface area contributed by atoms with Crippen molar-refractivity contribution >= 4 is 11.6 Å². The van der Waals surface area contributed by atoms with Crippen molar-refractivity contribution in [2.45, 2.75) is 31.8 Å². The van der Waals surface area contributed by atoms with Gasteiger partial charge >= 0.3 is 0 Å². The van der Waals surface area contributed by atoms with Crippen LogP contribution in [-0.2, 0) is 13.0 Å². The molecule has 2 aromatic rings. The maximum absolute atomic E-state index is 13.9. The molecule has 0 spiro atoms. The molecule has 1 N–H and O–H groups in total. The fourth-order valence-electron chi connectivity index (χ4n) is 2.88. The standard InChI is InChI=1S/C17H17ClFN/c18-15-9-3-7-13(17(15)19)11-20-16-10-4-6-12-5-1-2-8-14(12)16/h1-3,5,7-9,16,20H,4,6,10-11H2. The number of rotatable bonds is 3. The fraction of sp³-hybridized carbons (Fsp3) is 0.294. The van der Waals surface area contributed by atoms with Crippen molar-refractivity contribution in [2.75, 3.05) is 0 Å². The van der Waals surface area contributed by atoms with Crippen LogP contribution in [-0.4, -0.2) is 0 Å². The van der Waals surface area contributed by atoms with Gasteiger partial charge in [-0.15, -0.1) is 0 Å². The van der Waals surface area contributed by atoms with E-state index in [2.05, 4.69) is 29.6 Å². The van der Waals surface area contributed by atoms with Crippen molar-refractivity contribution in [3.63, 3.8) is 0 Å². The molecule has 0 heterocycles. The maximum atomic E-state index is 13.9. The summed E-state index contributed by atoms with van der Waals surface area (Å²) in [6.07, 6.45) is 3.41. The molecule has 0 bridgehead atoms. The predicted octanol–water partition coefficient (Wildman–Crippen LogP) is 4.65. The first kappa shape index (κ1) is 13.6. The van der Waals surface area contributed by atoms with E-state index in [0.717, 1.165) is 12.8 Å². The highest BCUT2D eigenvalue weighted by Crippen LogP contribution is 2.30. The van der Waals surface area contributed by atoms with Crippen molar-refractivity contribution in [3.05, 3.63) is 70.0 Å². The van der Waals surface area contributed by atoms with Gasteiger partial charge < -0.3 is 5.32 Å². The molecule has 0 aliphatic heterocycles. The SMILES string of the molecule is Fc1c(Cl)cccc1CNC1CCCc2ccccc21. The molecule has 1 nitrogen and oxygen atoms in total. The maximum Gasteiger partial charge on any atom is 0.146 e. The number of nitrogens with one attached hydrogen (secondary N) is 1. The second-order valence-corrected chi connectivity index (χ2v) is 5.64. The smallest absolute Gasteiger partial charge is 0.146 e. The average Bonchev–Trinajstić information content (AvgIpc) is 2.49. The highest BCUT2D eigenvalue weighted by atomic mass is 35.5. The summed E-state index contributed by atoms with van der Waals surface area (Å²) in [5.41, 5.74) is 3.38. The molecule has 1 aliphatic rings. The summed E-state index contributed by atoms with van der Waals surface area (Å²) in [5, 5.41) is 3.65.